The molecule has 4 heteroatoms. The molecule has 0 amide bonds. The third-order valence-electron chi connectivity index (χ3n) is 4.29. The van der Waals surface area contributed by atoms with Gasteiger partial charge in [-0.25, -0.2) is 0 Å². The fourth-order valence-corrected chi connectivity index (χ4v) is 3.32. The van der Waals surface area contributed by atoms with E-state index < -0.39 is 5.92 Å². The molecule has 2 atom stereocenters. The van der Waals surface area contributed by atoms with Crippen molar-refractivity contribution in [2.45, 2.75) is 24.8 Å². The summed E-state index contributed by atoms with van der Waals surface area (Å²) in [7, 11) is 0. The summed E-state index contributed by atoms with van der Waals surface area (Å²) < 4.78 is 28.4. The summed E-state index contributed by atoms with van der Waals surface area (Å²) in [5.41, 5.74) is 0.123. The van der Waals surface area contributed by atoms with Crippen molar-refractivity contribution < 1.29 is 8.78 Å². The summed E-state index contributed by atoms with van der Waals surface area (Å²) in [5.74, 6) is -2.20. The zero-order chi connectivity index (χ0) is 13.3. The molecule has 0 saturated carbocycles. The number of hydrogen-bond acceptors (Lipinski definition) is 2. The van der Waals surface area contributed by atoms with Crippen LogP contribution in [0.1, 0.15) is 18.4 Å². The molecule has 104 valence electrons. The van der Waals surface area contributed by atoms with Crippen LogP contribution in [0.3, 0.4) is 0 Å². The quantitative estimate of drug-likeness (QED) is 0.904. The number of alkyl halides is 2. The topological polar surface area (TPSA) is 15.3 Å². The molecule has 0 radical (unpaired) electrons. The molecule has 0 aliphatic carbocycles. The van der Waals surface area contributed by atoms with Gasteiger partial charge in [-0.15, -0.1) is 0 Å². The van der Waals surface area contributed by atoms with Gasteiger partial charge >= 0.3 is 0 Å². The fraction of sp³-hybridized carbons (Fsp3) is 0.600. The number of likely N-dealkylation sites (tertiary alicyclic amines) is 1. The Hall–Kier alpha value is -1.00. The molecule has 3 rings (SSSR count). The maximum atomic E-state index is 14.2. The SMILES string of the molecule is FC(F)(CN1CC2CCCNC2C1)c1ccccc1. The number of benzene rings is 1. The standard InChI is InChI=1S/C15H20F2N2/c16-15(17,13-6-2-1-3-7-13)11-19-9-12-5-4-8-18-14(12)10-19/h1-3,6-7,12,14,18H,4-5,8-11H2. The Bertz CT molecular complexity index is 407. The Morgan fingerprint density at radius 3 is 2.74 bits per heavy atom. The molecule has 2 aliphatic rings. The molecule has 1 aromatic rings. The number of rotatable bonds is 3. The number of fused-ring (bicyclic) bond motifs is 1. The van der Waals surface area contributed by atoms with Crippen LogP contribution in [0, 0.1) is 5.92 Å². The van der Waals surface area contributed by atoms with Crippen molar-refractivity contribution >= 4 is 0 Å². The number of piperidine rings is 1. The van der Waals surface area contributed by atoms with Crippen LogP contribution >= 0.6 is 0 Å². The third kappa shape index (κ3) is 2.79. The van der Waals surface area contributed by atoms with Gasteiger partial charge in [-0.05, 0) is 25.3 Å². The normalized spacial score (nSPS) is 28.3. The minimum Gasteiger partial charge on any atom is -0.312 e. The summed E-state index contributed by atoms with van der Waals surface area (Å²) in [4.78, 5) is 1.92. The van der Waals surface area contributed by atoms with Crippen LogP contribution in [0.25, 0.3) is 0 Å². The first-order valence-corrected chi connectivity index (χ1v) is 7.04. The van der Waals surface area contributed by atoms with Gasteiger partial charge in [0.15, 0.2) is 0 Å². The van der Waals surface area contributed by atoms with Crippen molar-refractivity contribution in [3.05, 3.63) is 35.9 Å². The number of hydrogen-bond donors (Lipinski definition) is 1. The van der Waals surface area contributed by atoms with Crippen LogP contribution in [0.4, 0.5) is 8.78 Å². The zero-order valence-corrected chi connectivity index (χ0v) is 11.0. The zero-order valence-electron chi connectivity index (χ0n) is 11.0. The largest absolute Gasteiger partial charge is 0.312 e. The molecule has 2 fully saturated rings. The first kappa shape index (κ1) is 13.0. The summed E-state index contributed by atoms with van der Waals surface area (Å²) in [6.45, 7) is 2.43. The van der Waals surface area contributed by atoms with Crippen LogP contribution in [0.5, 0.6) is 0 Å². The summed E-state index contributed by atoms with van der Waals surface area (Å²) in [5, 5.41) is 3.45. The molecule has 0 aromatic heterocycles. The van der Waals surface area contributed by atoms with E-state index in [2.05, 4.69) is 5.32 Å². The van der Waals surface area contributed by atoms with Gasteiger partial charge in [-0.2, -0.15) is 8.78 Å². The molecule has 19 heavy (non-hydrogen) atoms. The maximum absolute atomic E-state index is 14.2. The van der Waals surface area contributed by atoms with Crippen molar-refractivity contribution in [1.29, 1.82) is 0 Å². The first-order valence-electron chi connectivity index (χ1n) is 7.04. The highest BCUT2D eigenvalue weighted by Gasteiger charge is 2.40. The lowest BCUT2D eigenvalue weighted by Gasteiger charge is -2.25. The fourth-order valence-electron chi connectivity index (χ4n) is 3.32. The van der Waals surface area contributed by atoms with Gasteiger partial charge < -0.3 is 5.32 Å². The Labute approximate surface area is 112 Å². The van der Waals surface area contributed by atoms with Crippen LogP contribution in [0.2, 0.25) is 0 Å². The lowest BCUT2D eigenvalue weighted by Crippen LogP contribution is -2.41. The second-order valence-corrected chi connectivity index (χ2v) is 5.73. The Balaban J connectivity index is 1.65. The van der Waals surface area contributed by atoms with E-state index in [-0.39, 0.29) is 12.1 Å². The number of halogens is 2. The Morgan fingerprint density at radius 1 is 1.21 bits per heavy atom. The molecule has 1 aromatic carbocycles. The average molecular weight is 266 g/mol. The number of nitrogens with zero attached hydrogens (tertiary/aromatic N) is 1. The molecule has 1 N–H and O–H groups in total. The Kier molecular flexibility index (Phi) is 3.54. The highest BCUT2D eigenvalue weighted by Crippen LogP contribution is 2.32. The molecular weight excluding hydrogens is 246 g/mol. The van der Waals surface area contributed by atoms with Gasteiger partial charge in [0.2, 0.25) is 0 Å². The summed E-state index contributed by atoms with van der Waals surface area (Å²) >= 11 is 0. The van der Waals surface area contributed by atoms with Crippen LogP contribution in [-0.2, 0) is 5.92 Å². The molecule has 2 nitrogen and oxygen atoms in total. The lowest BCUT2D eigenvalue weighted by molar-refractivity contribution is -0.0336. The second kappa shape index (κ2) is 5.17. The van der Waals surface area contributed by atoms with Gasteiger partial charge in [-0.3, -0.25) is 4.90 Å². The molecule has 2 saturated heterocycles. The predicted molar refractivity (Wildman–Crippen MR) is 71.3 cm³/mol. The molecule has 0 spiro atoms. The lowest BCUT2D eigenvalue weighted by atomic mass is 9.94. The Morgan fingerprint density at radius 2 is 2.00 bits per heavy atom. The van der Waals surface area contributed by atoms with E-state index in [0.29, 0.717) is 12.0 Å². The summed E-state index contributed by atoms with van der Waals surface area (Å²) in [6, 6.07) is 8.57. The van der Waals surface area contributed by atoms with E-state index in [0.717, 1.165) is 19.6 Å². The molecular formula is C15H20F2N2. The van der Waals surface area contributed by atoms with Crippen LogP contribution in [-0.4, -0.2) is 37.1 Å². The third-order valence-corrected chi connectivity index (χ3v) is 4.29. The van der Waals surface area contributed by atoms with Crippen LogP contribution < -0.4 is 5.32 Å². The van der Waals surface area contributed by atoms with E-state index in [1.54, 1.807) is 18.2 Å². The average Bonchev–Trinajstić information content (AvgIpc) is 2.81. The van der Waals surface area contributed by atoms with Gasteiger partial charge in [-0.1, -0.05) is 30.3 Å². The molecule has 2 aliphatic heterocycles. The van der Waals surface area contributed by atoms with Crippen molar-refractivity contribution in [2.75, 3.05) is 26.2 Å². The molecule has 0 bridgehead atoms. The van der Waals surface area contributed by atoms with Crippen molar-refractivity contribution in [3.63, 3.8) is 0 Å². The van der Waals surface area contributed by atoms with E-state index in [1.165, 1.54) is 25.0 Å². The van der Waals surface area contributed by atoms with Crippen molar-refractivity contribution in [2.24, 2.45) is 5.92 Å². The highest BCUT2D eigenvalue weighted by molar-refractivity contribution is 5.20. The van der Waals surface area contributed by atoms with Crippen LogP contribution in [0.15, 0.2) is 30.3 Å². The van der Waals surface area contributed by atoms with E-state index in [1.807, 2.05) is 4.90 Å². The van der Waals surface area contributed by atoms with Gasteiger partial charge in [0.05, 0.1) is 6.54 Å². The van der Waals surface area contributed by atoms with E-state index in [4.69, 9.17) is 0 Å². The molecule has 2 heterocycles. The molecule has 2 unspecified atom stereocenters. The van der Waals surface area contributed by atoms with E-state index >= 15 is 0 Å². The second-order valence-electron chi connectivity index (χ2n) is 5.73. The summed E-state index contributed by atoms with van der Waals surface area (Å²) in [6.07, 6.45) is 2.34. The minimum atomic E-state index is -2.76. The minimum absolute atomic E-state index is 0.123. The van der Waals surface area contributed by atoms with Crippen molar-refractivity contribution in [3.8, 4) is 0 Å². The number of nitrogens with one attached hydrogen (secondary N) is 1. The van der Waals surface area contributed by atoms with E-state index in [9.17, 15) is 8.78 Å². The van der Waals surface area contributed by atoms with Gasteiger partial charge in [0, 0.05) is 24.7 Å². The van der Waals surface area contributed by atoms with Gasteiger partial charge in [0.1, 0.15) is 0 Å². The monoisotopic (exact) mass is 266 g/mol. The maximum Gasteiger partial charge on any atom is 0.285 e. The smallest absolute Gasteiger partial charge is 0.285 e. The predicted octanol–water partition coefficient (Wildman–Crippen LogP) is 2.46. The van der Waals surface area contributed by atoms with Crippen molar-refractivity contribution in [1.82, 2.24) is 10.2 Å². The highest BCUT2D eigenvalue weighted by atomic mass is 19.3. The first-order chi connectivity index (χ1) is 9.15. The van der Waals surface area contributed by atoms with Gasteiger partial charge in [0.25, 0.3) is 5.92 Å².